The lowest BCUT2D eigenvalue weighted by molar-refractivity contribution is 0.568. The number of hydrogen-bond donors (Lipinski definition) is 0. The van der Waals surface area contributed by atoms with Crippen LogP contribution in [0.25, 0.3) is 172 Å². The van der Waals surface area contributed by atoms with E-state index in [9.17, 15) is 0 Å². The molecule has 0 saturated carbocycles. The van der Waals surface area contributed by atoms with E-state index in [2.05, 4.69) is 423 Å². The Labute approximate surface area is 715 Å². The van der Waals surface area contributed by atoms with Gasteiger partial charge in [-0.3, -0.25) is 4.57 Å². The van der Waals surface area contributed by atoms with Crippen molar-refractivity contribution < 1.29 is 0 Å². The van der Waals surface area contributed by atoms with E-state index in [0.29, 0.717) is 17.6 Å². The molecule has 0 spiro atoms. The quantitative estimate of drug-likeness (QED) is 0.130. The zero-order valence-electron chi connectivity index (χ0n) is 75.3. The van der Waals surface area contributed by atoms with Crippen molar-refractivity contribution in [2.24, 2.45) is 0 Å². The number of benzene rings is 14. The topological polar surface area (TPSA) is 53.5 Å². The summed E-state index contributed by atoms with van der Waals surface area (Å²) in [6.07, 6.45) is 0. The van der Waals surface area contributed by atoms with Crippen molar-refractivity contribution in [3.05, 3.63) is 332 Å². The van der Waals surface area contributed by atoms with Gasteiger partial charge in [0, 0.05) is 43.4 Å². The van der Waals surface area contributed by atoms with Gasteiger partial charge in [-0.15, -0.1) is 0 Å². The number of aromatic nitrogens is 6. The van der Waals surface area contributed by atoms with Gasteiger partial charge in [-0.25, -0.2) is 4.98 Å². The molecule has 4 aromatic heterocycles. The number of rotatable bonds is 11. The van der Waals surface area contributed by atoms with Crippen molar-refractivity contribution in [3.63, 3.8) is 0 Å². The molecule has 0 aliphatic heterocycles. The average Bonchev–Trinajstić information content (AvgIpc) is 1.58. The highest BCUT2D eigenvalue weighted by atomic mass is 15.2. The molecule has 0 unspecified atom stereocenters. The van der Waals surface area contributed by atoms with Gasteiger partial charge >= 0.3 is 0 Å². The van der Waals surface area contributed by atoms with Gasteiger partial charge in [-0.1, -0.05) is 251 Å². The molecule has 121 heavy (non-hydrogen) atoms. The smallest absolute Gasteiger partial charge is 0.238 e. The Balaban J connectivity index is 0.937. The van der Waals surface area contributed by atoms with E-state index < -0.39 is 0 Å². The molecule has 0 saturated heterocycles. The van der Waals surface area contributed by atoms with E-state index in [-0.39, 0.29) is 21.7 Å². The third-order valence-electron chi connectivity index (χ3n) is 25.8. The lowest BCUT2D eigenvalue weighted by Crippen LogP contribution is -2.16. The molecule has 0 fully saturated rings. The zero-order valence-corrected chi connectivity index (χ0v) is 75.3. The normalized spacial score (nSPS) is 12.5. The highest BCUT2D eigenvalue weighted by molar-refractivity contribution is 6.15. The van der Waals surface area contributed by atoms with E-state index >= 15 is 0 Å². The molecule has 6 nitrogen and oxygen atoms in total. The number of nitrogens with zero attached hydrogens (tertiary/aromatic N) is 6. The molecular weight excluding hydrogens is 1470 g/mol. The molecule has 0 N–H and O–H groups in total. The maximum absolute atomic E-state index is 6.01. The largest absolute Gasteiger partial charge is 0.309 e. The summed E-state index contributed by atoms with van der Waals surface area (Å²) in [5.41, 5.74) is 44.5. The molecule has 6 heteroatoms. The van der Waals surface area contributed by atoms with Crippen LogP contribution in [0.4, 0.5) is 0 Å². The molecule has 0 radical (unpaired) electrons. The monoisotopic (exact) mass is 1580 g/mol. The van der Waals surface area contributed by atoms with Gasteiger partial charge < -0.3 is 9.13 Å². The minimum atomic E-state index is -0.0898. The minimum absolute atomic E-state index is 0.0898. The highest BCUT2D eigenvalue weighted by Crippen LogP contribution is 2.48. The fourth-order valence-corrected chi connectivity index (χ4v) is 20.1. The maximum atomic E-state index is 6.01. The van der Waals surface area contributed by atoms with Gasteiger partial charge in [0.15, 0.2) is 11.6 Å². The summed E-state index contributed by atoms with van der Waals surface area (Å²) < 4.78 is 7.27. The van der Waals surface area contributed by atoms with Crippen LogP contribution in [-0.4, -0.2) is 28.7 Å². The van der Waals surface area contributed by atoms with E-state index in [1.54, 1.807) is 0 Å². The maximum Gasteiger partial charge on any atom is 0.238 e. The van der Waals surface area contributed by atoms with Crippen LogP contribution in [0.1, 0.15) is 172 Å². The van der Waals surface area contributed by atoms with Crippen LogP contribution in [0.3, 0.4) is 0 Å². The Morgan fingerprint density at radius 3 is 0.678 bits per heavy atom. The molecule has 14 aromatic carbocycles. The van der Waals surface area contributed by atoms with Crippen molar-refractivity contribution in [1.29, 1.82) is 0 Å². The SMILES string of the molecule is Cc1cc(C)c(-c2ccc3c(c2)c2cc(-c4c(C)cc(C)cc4C)ccc2n3-c2ccccc2-c2nc(-c3ccccc3-n3c4ccc(-c5c(C)cc(C)cc5C)cc4c4cc(-c5c(C)cc(C)cc5C)ccc43)nc(-n3c4ccc(-c5cc(C(C)(C)C)cc(C(C)(C)C)c5)cc4c4cc(-c5cc(C(C)(C)C)cc(C(C)(C)C)c5)ccc43)n2)c(C)c1. The second-order valence-corrected chi connectivity index (χ2v) is 39.4. The zero-order chi connectivity index (χ0) is 85.3. The first kappa shape index (κ1) is 79.6. The number of para-hydroxylation sites is 2. The predicted octanol–water partition coefficient (Wildman–Crippen LogP) is 31.4. The van der Waals surface area contributed by atoms with Crippen LogP contribution >= 0.6 is 0 Å². The highest BCUT2D eigenvalue weighted by Gasteiger charge is 2.30. The Hall–Kier alpha value is -12.5. The van der Waals surface area contributed by atoms with Crippen molar-refractivity contribution in [2.75, 3.05) is 0 Å². The molecule has 0 aliphatic carbocycles. The molecule has 0 atom stereocenters. The van der Waals surface area contributed by atoms with E-state index in [1.165, 1.54) is 166 Å². The van der Waals surface area contributed by atoms with Crippen molar-refractivity contribution in [2.45, 2.75) is 188 Å². The molecule has 18 aromatic rings. The van der Waals surface area contributed by atoms with Crippen LogP contribution in [0.5, 0.6) is 0 Å². The number of fused-ring (bicyclic) bond motifs is 9. The second-order valence-electron chi connectivity index (χ2n) is 39.4. The van der Waals surface area contributed by atoms with Gasteiger partial charge in [0.05, 0.1) is 44.5 Å². The molecule has 602 valence electrons. The fourth-order valence-electron chi connectivity index (χ4n) is 20.1. The summed E-state index contributed by atoms with van der Waals surface area (Å²) in [6, 6.07) is 93.3. The van der Waals surface area contributed by atoms with Crippen LogP contribution in [0.2, 0.25) is 0 Å². The van der Waals surface area contributed by atoms with Crippen LogP contribution in [0.15, 0.2) is 243 Å². The molecule has 0 bridgehead atoms. The summed E-state index contributed by atoms with van der Waals surface area (Å²) in [5.74, 6) is 1.59. The Kier molecular flexibility index (Phi) is 19.2. The second kappa shape index (κ2) is 29.2. The molecule has 0 aliphatic rings. The van der Waals surface area contributed by atoms with Gasteiger partial charge in [0.2, 0.25) is 5.95 Å². The molecule has 0 amide bonds. The van der Waals surface area contributed by atoms with E-state index in [1.807, 2.05) is 0 Å². The summed E-state index contributed by atoms with van der Waals surface area (Å²) in [4.78, 5) is 18.0. The van der Waals surface area contributed by atoms with Crippen LogP contribution in [-0.2, 0) is 21.7 Å². The third-order valence-corrected chi connectivity index (χ3v) is 25.8. The van der Waals surface area contributed by atoms with Crippen LogP contribution in [0, 0.1) is 83.1 Å². The molecule has 18 rings (SSSR count). The first-order valence-electron chi connectivity index (χ1n) is 43.3. The standard InChI is InChI=1S/C115H112N6/c1-65-45-69(5)105(70(6)46-65)79-35-41-99-93(59-79)94-60-80(106-71(7)47-66(2)48-72(106)8)36-42-100(94)119(99)97-31-27-25-29-89(97)109-116-110(90-30-26-28-32-98(90)120-101-43-37-81(107-73(9)49-67(3)50-74(107)10)61-95(101)96-62-82(38-44-102(96)120)108-75(11)51-68(4)52-76(108)12)118-111(117-109)121-103-39-33-77(83-53-85(112(13,14)15)63-86(54-83)113(16,17)18)57-91(103)92-58-78(34-40-104(92)121)84-55-87(114(19,20)21)64-88(56-84)115(22,23)24/h25-64H,1-24H3. The Bertz CT molecular complexity index is 6550. The average molecular weight is 1580 g/mol. The van der Waals surface area contributed by atoms with E-state index in [4.69, 9.17) is 15.0 Å². The number of aryl methyl sites for hydroxylation is 12. The van der Waals surface area contributed by atoms with E-state index in [0.717, 1.165) is 77.5 Å². The van der Waals surface area contributed by atoms with Crippen molar-refractivity contribution in [3.8, 4) is 107 Å². The predicted molar refractivity (Wildman–Crippen MR) is 518 cm³/mol. The third kappa shape index (κ3) is 14.1. The molecule has 4 heterocycles. The summed E-state index contributed by atoms with van der Waals surface area (Å²) >= 11 is 0. The van der Waals surface area contributed by atoms with Crippen molar-refractivity contribution >= 4 is 65.4 Å². The van der Waals surface area contributed by atoms with Gasteiger partial charge in [-0.2, -0.15) is 9.97 Å². The lowest BCUT2D eigenvalue weighted by atomic mass is 9.78. The van der Waals surface area contributed by atoms with Crippen LogP contribution < -0.4 is 0 Å². The van der Waals surface area contributed by atoms with Gasteiger partial charge in [-0.05, 0) is 335 Å². The molecular formula is C115H112N6. The van der Waals surface area contributed by atoms with Crippen molar-refractivity contribution in [1.82, 2.24) is 28.7 Å². The fraction of sp³-hybridized carbons (Fsp3) is 0.243. The Morgan fingerprint density at radius 2 is 0.430 bits per heavy atom. The number of hydrogen-bond acceptors (Lipinski definition) is 3. The lowest BCUT2D eigenvalue weighted by Gasteiger charge is -2.26. The first-order chi connectivity index (χ1) is 57.4. The van der Waals surface area contributed by atoms with Gasteiger partial charge in [0.1, 0.15) is 0 Å². The Morgan fingerprint density at radius 1 is 0.207 bits per heavy atom. The summed E-state index contributed by atoms with van der Waals surface area (Å²) in [7, 11) is 0. The first-order valence-corrected chi connectivity index (χ1v) is 43.3. The van der Waals surface area contributed by atoms with Gasteiger partial charge in [0.25, 0.3) is 0 Å². The minimum Gasteiger partial charge on any atom is -0.309 e. The summed E-state index contributed by atoms with van der Waals surface area (Å²) in [6.45, 7) is 54.8. The summed E-state index contributed by atoms with van der Waals surface area (Å²) in [5, 5.41) is 6.87.